The van der Waals surface area contributed by atoms with Crippen molar-refractivity contribution in [3.8, 4) is 0 Å². The summed E-state index contributed by atoms with van der Waals surface area (Å²) in [6.45, 7) is 5.15. The van der Waals surface area contributed by atoms with E-state index in [1.807, 2.05) is 6.07 Å². The fourth-order valence-corrected chi connectivity index (χ4v) is 5.40. The number of unbranched alkanes of at least 4 members (excludes halogenated alkanes) is 3. The van der Waals surface area contributed by atoms with Crippen LogP contribution in [0.5, 0.6) is 0 Å². The topological polar surface area (TPSA) is 42.2 Å². The van der Waals surface area contributed by atoms with E-state index in [9.17, 15) is 9.90 Å². The van der Waals surface area contributed by atoms with Gasteiger partial charge in [0.25, 0.3) is 0 Å². The maximum atomic E-state index is 12.1. The Kier molecular flexibility index (Phi) is 6.80. The molecule has 3 nitrogen and oxygen atoms in total. The standard InChI is InChI=1S/C28H35NO2/c1-3-4-5-6-12-21-13-9-15-23-24-16-10-17-25(28(30)31)27(24)29(26(23)18-21)19-22-14-8-7-11-20(22)2/h7-8,10-11,14,16-17,21H,3-6,9,12-13,15,18-19H2,1-2H3,(H,30,31). The molecule has 1 heterocycles. The highest BCUT2D eigenvalue weighted by molar-refractivity contribution is 6.04. The van der Waals surface area contributed by atoms with Crippen molar-refractivity contribution in [1.82, 2.24) is 4.57 Å². The highest BCUT2D eigenvalue weighted by Gasteiger charge is 2.26. The zero-order valence-corrected chi connectivity index (χ0v) is 19.0. The molecule has 0 amide bonds. The molecule has 0 saturated heterocycles. The number of carbonyl (C=O) groups is 1. The van der Waals surface area contributed by atoms with Gasteiger partial charge in [0.1, 0.15) is 0 Å². The highest BCUT2D eigenvalue weighted by Crippen LogP contribution is 2.37. The molecule has 164 valence electrons. The monoisotopic (exact) mass is 417 g/mol. The van der Waals surface area contributed by atoms with Gasteiger partial charge in [-0.1, -0.05) is 75.4 Å². The highest BCUT2D eigenvalue weighted by atomic mass is 16.4. The smallest absolute Gasteiger partial charge is 0.337 e. The van der Waals surface area contributed by atoms with Gasteiger partial charge in [0, 0.05) is 17.6 Å². The van der Waals surface area contributed by atoms with Crippen molar-refractivity contribution in [3.63, 3.8) is 0 Å². The second kappa shape index (κ2) is 9.72. The SMILES string of the molecule is CCCCCCC1CCCc2c(n(Cc3ccccc3C)c3c(C(=O)O)cccc23)C1. The van der Waals surface area contributed by atoms with E-state index in [1.165, 1.54) is 67.3 Å². The van der Waals surface area contributed by atoms with Gasteiger partial charge >= 0.3 is 5.97 Å². The molecule has 0 bridgehead atoms. The minimum Gasteiger partial charge on any atom is -0.478 e. The second-order valence-electron chi connectivity index (χ2n) is 9.26. The maximum Gasteiger partial charge on any atom is 0.337 e. The number of aromatic nitrogens is 1. The van der Waals surface area contributed by atoms with Crippen LogP contribution in [0.3, 0.4) is 0 Å². The molecule has 4 rings (SSSR count). The summed E-state index contributed by atoms with van der Waals surface area (Å²) in [5.41, 5.74) is 6.64. The van der Waals surface area contributed by atoms with Crippen molar-refractivity contribution in [2.24, 2.45) is 5.92 Å². The largest absolute Gasteiger partial charge is 0.478 e. The first-order valence-corrected chi connectivity index (χ1v) is 12.0. The number of carboxylic acids is 1. The zero-order valence-electron chi connectivity index (χ0n) is 19.0. The van der Waals surface area contributed by atoms with Crippen LogP contribution in [0.15, 0.2) is 42.5 Å². The van der Waals surface area contributed by atoms with Crippen molar-refractivity contribution in [1.29, 1.82) is 0 Å². The Morgan fingerprint density at radius 2 is 1.94 bits per heavy atom. The van der Waals surface area contributed by atoms with Gasteiger partial charge in [-0.25, -0.2) is 4.79 Å². The van der Waals surface area contributed by atoms with E-state index in [-0.39, 0.29) is 0 Å². The van der Waals surface area contributed by atoms with Crippen LogP contribution in [0.25, 0.3) is 10.9 Å². The average Bonchev–Trinajstić information content (AvgIpc) is 2.91. The van der Waals surface area contributed by atoms with Crippen molar-refractivity contribution in [2.45, 2.75) is 78.2 Å². The number of rotatable bonds is 8. The molecule has 1 N–H and O–H groups in total. The molecular formula is C28H35NO2. The Labute approximate surface area is 186 Å². The molecular weight excluding hydrogens is 382 g/mol. The molecule has 1 atom stereocenters. The Bertz CT molecular complexity index is 1060. The number of carboxylic acid groups (broad SMARTS) is 1. The summed E-state index contributed by atoms with van der Waals surface area (Å²) in [6.07, 6.45) is 11.1. The Balaban J connectivity index is 1.79. The predicted octanol–water partition coefficient (Wildman–Crippen LogP) is 7.16. The lowest BCUT2D eigenvalue weighted by atomic mass is 9.93. The van der Waals surface area contributed by atoms with Gasteiger partial charge in [0.15, 0.2) is 0 Å². The third-order valence-corrected chi connectivity index (χ3v) is 7.11. The van der Waals surface area contributed by atoms with Crippen molar-refractivity contribution in [2.75, 3.05) is 0 Å². The van der Waals surface area contributed by atoms with Crippen LogP contribution in [-0.4, -0.2) is 15.6 Å². The summed E-state index contributed by atoms with van der Waals surface area (Å²) in [4.78, 5) is 12.1. The number of hydrogen-bond donors (Lipinski definition) is 1. The van der Waals surface area contributed by atoms with Crippen molar-refractivity contribution >= 4 is 16.9 Å². The fourth-order valence-electron chi connectivity index (χ4n) is 5.40. The van der Waals surface area contributed by atoms with Crippen LogP contribution in [0, 0.1) is 12.8 Å². The number of aromatic carboxylic acids is 1. The van der Waals surface area contributed by atoms with Gasteiger partial charge < -0.3 is 9.67 Å². The Hall–Kier alpha value is -2.55. The van der Waals surface area contributed by atoms with Crippen LogP contribution >= 0.6 is 0 Å². The molecule has 0 fully saturated rings. The lowest BCUT2D eigenvalue weighted by molar-refractivity contribution is 0.0698. The molecule has 1 aromatic heterocycles. The molecule has 0 saturated carbocycles. The zero-order chi connectivity index (χ0) is 21.8. The number of aryl methyl sites for hydroxylation is 2. The summed E-state index contributed by atoms with van der Waals surface area (Å²) < 4.78 is 2.35. The minimum atomic E-state index is -0.833. The number of nitrogens with zero attached hydrogens (tertiary/aromatic N) is 1. The number of fused-ring (bicyclic) bond motifs is 3. The van der Waals surface area contributed by atoms with E-state index >= 15 is 0 Å². The molecule has 31 heavy (non-hydrogen) atoms. The van der Waals surface area contributed by atoms with Gasteiger partial charge in [-0.15, -0.1) is 0 Å². The summed E-state index contributed by atoms with van der Waals surface area (Å²) in [5.74, 6) is -0.133. The van der Waals surface area contributed by atoms with Crippen LogP contribution in [0.4, 0.5) is 0 Å². The van der Waals surface area contributed by atoms with Gasteiger partial charge in [-0.2, -0.15) is 0 Å². The van der Waals surface area contributed by atoms with E-state index in [0.29, 0.717) is 11.5 Å². The quantitative estimate of drug-likeness (QED) is 0.312. The second-order valence-corrected chi connectivity index (χ2v) is 9.26. The molecule has 0 aliphatic heterocycles. The van der Waals surface area contributed by atoms with Crippen LogP contribution in [0.2, 0.25) is 0 Å². The van der Waals surface area contributed by atoms with Crippen LogP contribution in [-0.2, 0) is 19.4 Å². The summed E-state index contributed by atoms with van der Waals surface area (Å²) in [5, 5.41) is 11.1. The normalized spacial score (nSPS) is 16.3. The molecule has 0 radical (unpaired) electrons. The van der Waals surface area contributed by atoms with E-state index in [1.54, 1.807) is 6.07 Å². The summed E-state index contributed by atoms with van der Waals surface area (Å²) >= 11 is 0. The average molecular weight is 418 g/mol. The summed E-state index contributed by atoms with van der Waals surface area (Å²) in [6, 6.07) is 14.3. The third-order valence-electron chi connectivity index (χ3n) is 7.11. The molecule has 1 aliphatic carbocycles. The molecule has 2 aromatic carbocycles. The molecule has 1 unspecified atom stereocenters. The third kappa shape index (κ3) is 4.56. The van der Waals surface area contributed by atoms with Crippen LogP contribution < -0.4 is 0 Å². The summed E-state index contributed by atoms with van der Waals surface area (Å²) in [7, 11) is 0. The molecule has 3 aromatic rings. The number of para-hydroxylation sites is 1. The molecule has 1 aliphatic rings. The van der Waals surface area contributed by atoms with Crippen molar-refractivity contribution in [3.05, 3.63) is 70.4 Å². The van der Waals surface area contributed by atoms with E-state index in [4.69, 9.17) is 0 Å². The fraction of sp³-hybridized carbons (Fsp3) is 0.464. The number of hydrogen-bond acceptors (Lipinski definition) is 1. The lowest BCUT2D eigenvalue weighted by Gasteiger charge is -2.18. The first kappa shape index (κ1) is 21.7. The van der Waals surface area contributed by atoms with Gasteiger partial charge in [0.05, 0.1) is 11.1 Å². The minimum absolute atomic E-state index is 0.429. The Morgan fingerprint density at radius 1 is 1.10 bits per heavy atom. The van der Waals surface area contributed by atoms with E-state index in [2.05, 4.69) is 48.7 Å². The molecule has 0 spiro atoms. The van der Waals surface area contributed by atoms with Crippen LogP contribution in [0.1, 0.15) is 84.6 Å². The van der Waals surface area contributed by atoms with E-state index in [0.717, 1.165) is 30.3 Å². The predicted molar refractivity (Wildman–Crippen MR) is 128 cm³/mol. The number of benzene rings is 2. The first-order valence-electron chi connectivity index (χ1n) is 12.0. The van der Waals surface area contributed by atoms with Gasteiger partial charge in [-0.3, -0.25) is 0 Å². The van der Waals surface area contributed by atoms with Gasteiger partial charge in [0.2, 0.25) is 0 Å². The maximum absolute atomic E-state index is 12.1. The first-order chi connectivity index (χ1) is 15.1. The lowest BCUT2D eigenvalue weighted by Crippen LogP contribution is -2.12. The molecule has 3 heteroatoms. The van der Waals surface area contributed by atoms with Gasteiger partial charge in [-0.05, 0) is 61.3 Å². The van der Waals surface area contributed by atoms with Crippen molar-refractivity contribution < 1.29 is 9.90 Å². The Morgan fingerprint density at radius 3 is 2.71 bits per heavy atom. The van der Waals surface area contributed by atoms with E-state index < -0.39 is 5.97 Å².